The molecule has 0 bridgehead atoms. The van der Waals surface area contributed by atoms with Gasteiger partial charge in [0.25, 0.3) is 11.5 Å². The number of aliphatic hydroxyl groups is 1. The summed E-state index contributed by atoms with van der Waals surface area (Å²) in [5.41, 5.74) is 6.34. The van der Waals surface area contributed by atoms with Crippen LogP contribution in [0.15, 0.2) is 47.3 Å². The molecule has 2 aromatic heterocycles. The number of hydrogen-bond donors (Lipinski definition) is 4. The van der Waals surface area contributed by atoms with E-state index in [1.165, 1.54) is 17.7 Å². The standard InChI is InChI=1S/C54H61FN6O9S2/c1-7-54(68)39-20-43-48-37(26-61(43)50(65)38(39)27-69-51(54)66)47-41(11-10-34-30(4)40(55)21-42(56-48)46(34)47)57-52(67)70-28-53(5,6)72-71-17-16-58-12-14-59(15-13-58)23-31-8-9-32-24-60(25-33(32)18-31)49(64)36-19-35(29(2)3)44(62)22-45(36)63/h8-9,18-22,29,41,62-63,68H,7,10-17,23-28H2,1-6H3,(H,57,67)/t41-,54-/m0/s1. The smallest absolute Gasteiger partial charge is 0.407 e. The number of phenolic OH excluding ortho intramolecular Hbond substituents is 2. The largest absolute Gasteiger partial charge is 0.508 e. The third-order valence-corrected chi connectivity index (χ3v) is 18.4. The van der Waals surface area contributed by atoms with Gasteiger partial charge in [0.05, 0.1) is 45.4 Å². The van der Waals surface area contributed by atoms with Gasteiger partial charge in [-0.15, -0.1) is 0 Å². The Bertz CT molecular complexity index is 3120. The van der Waals surface area contributed by atoms with E-state index in [2.05, 4.69) is 33.3 Å². The van der Waals surface area contributed by atoms with Crippen LogP contribution in [0.4, 0.5) is 9.18 Å². The van der Waals surface area contributed by atoms with E-state index in [0.717, 1.165) is 78.2 Å². The summed E-state index contributed by atoms with van der Waals surface area (Å²) in [4.78, 5) is 65.5. The van der Waals surface area contributed by atoms with Gasteiger partial charge in [-0.2, -0.15) is 0 Å². The Hall–Kier alpha value is -5.66. The second-order valence-corrected chi connectivity index (χ2v) is 23.9. The molecule has 5 aliphatic rings. The average molecular weight is 1020 g/mol. The number of amides is 2. The number of esters is 1. The Morgan fingerprint density at radius 1 is 0.986 bits per heavy atom. The van der Waals surface area contributed by atoms with Crippen LogP contribution < -0.4 is 10.9 Å². The first kappa shape index (κ1) is 49.9. The predicted octanol–water partition coefficient (Wildman–Crippen LogP) is 7.91. The van der Waals surface area contributed by atoms with Crippen LogP contribution in [0.1, 0.15) is 125 Å². The fraction of sp³-hybridized carbons (Fsp3) is 0.463. The van der Waals surface area contributed by atoms with Crippen molar-refractivity contribution in [2.45, 2.75) is 116 Å². The van der Waals surface area contributed by atoms with Crippen molar-refractivity contribution in [2.24, 2.45) is 0 Å². The molecule has 4 N–H and O–H groups in total. The fourth-order valence-electron chi connectivity index (χ4n) is 11.0. The van der Waals surface area contributed by atoms with Crippen LogP contribution in [0.2, 0.25) is 0 Å². The number of cyclic esters (lactones) is 1. The molecule has 0 radical (unpaired) electrons. The molecule has 380 valence electrons. The van der Waals surface area contributed by atoms with Crippen LogP contribution >= 0.6 is 21.6 Å². The third kappa shape index (κ3) is 9.11. The molecule has 5 aromatic rings. The van der Waals surface area contributed by atoms with Crippen molar-refractivity contribution >= 4 is 50.5 Å². The topological polar surface area (TPSA) is 187 Å². The molecule has 72 heavy (non-hydrogen) atoms. The van der Waals surface area contributed by atoms with Gasteiger partial charge >= 0.3 is 12.1 Å². The molecule has 6 heterocycles. The number of hydrogen-bond acceptors (Lipinski definition) is 14. The van der Waals surface area contributed by atoms with Gasteiger partial charge in [-0.05, 0) is 97.0 Å². The first-order chi connectivity index (χ1) is 34.3. The Morgan fingerprint density at radius 2 is 1.74 bits per heavy atom. The molecule has 1 aliphatic carbocycles. The van der Waals surface area contributed by atoms with Gasteiger partial charge in [0.15, 0.2) is 5.60 Å². The monoisotopic (exact) mass is 1020 g/mol. The Morgan fingerprint density at radius 3 is 2.49 bits per heavy atom. The number of rotatable bonds is 13. The van der Waals surface area contributed by atoms with Crippen LogP contribution in [0.25, 0.3) is 22.3 Å². The number of aryl methyl sites for hydroxylation is 1. The number of phenols is 2. The molecular formula is C54H61FN6O9S2. The molecule has 3 aromatic carbocycles. The van der Waals surface area contributed by atoms with Gasteiger partial charge in [-0.25, -0.2) is 19.0 Å². The zero-order chi connectivity index (χ0) is 51.0. The van der Waals surface area contributed by atoms with Crippen molar-refractivity contribution in [3.63, 3.8) is 0 Å². The highest BCUT2D eigenvalue weighted by atomic mass is 33.1. The summed E-state index contributed by atoms with van der Waals surface area (Å²) in [5.74, 6) is -0.778. The van der Waals surface area contributed by atoms with Crippen LogP contribution in [0.5, 0.6) is 11.5 Å². The minimum atomic E-state index is -1.99. The molecule has 0 saturated carbocycles. The van der Waals surface area contributed by atoms with Crippen molar-refractivity contribution in [2.75, 3.05) is 45.1 Å². The first-order valence-electron chi connectivity index (χ1n) is 24.8. The molecule has 2 atom stereocenters. The minimum absolute atomic E-state index is 0.00275. The number of aromatic nitrogens is 2. The van der Waals surface area contributed by atoms with Crippen molar-refractivity contribution in [3.05, 3.63) is 120 Å². The highest BCUT2D eigenvalue weighted by Gasteiger charge is 2.46. The van der Waals surface area contributed by atoms with Crippen molar-refractivity contribution in [1.29, 1.82) is 0 Å². The lowest BCUT2D eigenvalue weighted by atomic mass is 9.81. The second-order valence-electron chi connectivity index (χ2n) is 20.8. The van der Waals surface area contributed by atoms with Crippen molar-refractivity contribution in [1.82, 2.24) is 29.6 Å². The number of carbonyl (C=O) groups is 3. The lowest BCUT2D eigenvalue weighted by molar-refractivity contribution is -0.172. The zero-order valence-electron chi connectivity index (χ0n) is 41.5. The minimum Gasteiger partial charge on any atom is -0.508 e. The first-order valence-corrected chi connectivity index (χ1v) is 27.1. The summed E-state index contributed by atoms with van der Waals surface area (Å²) >= 11 is 0. The van der Waals surface area contributed by atoms with Gasteiger partial charge in [-0.3, -0.25) is 19.4 Å². The lowest BCUT2D eigenvalue weighted by Crippen LogP contribution is -2.46. The van der Waals surface area contributed by atoms with Crippen LogP contribution in [-0.2, 0) is 59.1 Å². The van der Waals surface area contributed by atoms with E-state index < -0.39 is 39.8 Å². The quantitative estimate of drug-likeness (QED) is 0.0497. The molecule has 0 unspecified atom stereocenters. The van der Waals surface area contributed by atoms with Crippen molar-refractivity contribution in [3.8, 4) is 22.9 Å². The van der Waals surface area contributed by atoms with Gasteiger partial charge < -0.3 is 39.6 Å². The van der Waals surface area contributed by atoms with Crippen molar-refractivity contribution < 1.29 is 43.6 Å². The number of aromatic hydroxyl groups is 2. The van der Waals surface area contributed by atoms with Gasteiger partial charge in [0.1, 0.15) is 30.5 Å². The number of halogens is 1. The van der Waals surface area contributed by atoms with E-state index in [-0.39, 0.29) is 66.2 Å². The maximum Gasteiger partial charge on any atom is 0.407 e. The fourth-order valence-corrected chi connectivity index (χ4v) is 13.4. The van der Waals surface area contributed by atoms with Crippen LogP contribution in [-0.4, -0.2) is 107 Å². The highest BCUT2D eigenvalue weighted by Crippen LogP contribution is 2.46. The molecule has 0 spiro atoms. The highest BCUT2D eigenvalue weighted by molar-refractivity contribution is 8.77. The summed E-state index contributed by atoms with van der Waals surface area (Å²) in [5, 5.41) is 36.1. The van der Waals surface area contributed by atoms with E-state index in [4.69, 9.17) is 14.5 Å². The second kappa shape index (κ2) is 19.3. The maximum absolute atomic E-state index is 15.4. The summed E-state index contributed by atoms with van der Waals surface area (Å²) in [6.07, 6.45) is 0.414. The number of fused-ring (bicyclic) bond motifs is 6. The number of pyridine rings is 2. The molecular weight excluding hydrogens is 960 g/mol. The zero-order valence-corrected chi connectivity index (χ0v) is 43.2. The van der Waals surface area contributed by atoms with E-state index >= 15 is 4.39 Å². The Kier molecular flexibility index (Phi) is 13.4. The van der Waals surface area contributed by atoms with E-state index in [1.807, 2.05) is 27.7 Å². The molecule has 15 nitrogen and oxygen atoms in total. The number of piperazine rings is 1. The average Bonchev–Trinajstić information content (AvgIpc) is 3.95. The molecule has 1 fully saturated rings. The third-order valence-electron chi connectivity index (χ3n) is 15.1. The van der Waals surface area contributed by atoms with E-state index in [9.17, 15) is 34.5 Å². The SMILES string of the molecule is CC[C@@]1(O)C(=O)OCc2c1cc1n(c2=O)Cc2c-1nc1cc(F)c(C)c3c1c2[C@@H](NC(=O)OCC(C)(C)SSCCN1CCN(Cc2ccc4c(c2)CN(C(=O)c2cc(C(C)C)c(O)cc2O)C4)CC1)CC3. The number of nitrogens with zero attached hydrogens (tertiary/aromatic N) is 5. The summed E-state index contributed by atoms with van der Waals surface area (Å²) < 4.78 is 27.7. The summed E-state index contributed by atoms with van der Waals surface area (Å²) in [7, 11) is 3.45. The maximum atomic E-state index is 15.4. The van der Waals surface area contributed by atoms with Gasteiger partial charge in [0, 0.05) is 86.8 Å². The molecule has 1 saturated heterocycles. The summed E-state index contributed by atoms with van der Waals surface area (Å²) in [6, 6.07) is 11.8. The van der Waals surface area contributed by atoms with Crippen LogP contribution in [0.3, 0.4) is 0 Å². The molecule has 18 heteroatoms. The van der Waals surface area contributed by atoms with E-state index in [0.29, 0.717) is 54.0 Å². The number of ether oxygens (including phenoxy) is 2. The Balaban J connectivity index is 0.709. The predicted molar refractivity (Wildman–Crippen MR) is 274 cm³/mol. The number of benzene rings is 3. The van der Waals surface area contributed by atoms with E-state index in [1.54, 1.807) is 57.0 Å². The number of carbonyl (C=O) groups excluding carboxylic acids is 3. The molecule has 2 amide bonds. The molecule has 4 aliphatic heterocycles. The number of alkyl carbamates (subject to hydrolysis) is 1. The van der Waals surface area contributed by atoms with Crippen LogP contribution in [0, 0.1) is 12.7 Å². The summed E-state index contributed by atoms with van der Waals surface area (Å²) in [6.45, 7) is 17.9. The Labute approximate surface area is 425 Å². The van der Waals surface area contributed by atoms with Gasteiger partial charge in [-0.1, -0.05) is 60.6 Å². The normalized spacial score (nSPS) is 19.5. The van der Waals surface area contributed by atoms with Gasteiger partial charge in [0.2, 0.25) is 0 Å². The molecule has 10 rings (SSSR count). The number of nitrogens with one attached hydrogen (secondary N) is 1. The lowest BCUT2D eigenvalue weighted by Gasteiger charge is -2.34.